The summed E-state index contributed by atoms with van der Waals surface area (Å²) in [6.07, 6.45) is -1.09. The molecule has 1 aromatic rings. The number of nitrogens with zero attached hydrogens (tertiary/aromatic N) is 1. The SMILES string of the molecule is CCc1cccc(C(=O)N(C)C(C)F)c1OC(F)F. The molecule has 1 amide bonds. The van der Waals surface area contributed by atoms with Gasteiger partial charge in [-0.15, -0.1) is 0 Å². The average molecular weight is 275 g/mol. The fraction of sp³-hybridized carbons (Fsp3) is 0.462. The van der Waals surface area contributed by atoms with Crippen molar-refractivity contribution in [2.75, 3.05) is 7.05 Å². The van der Waals surface area contributed by atoms with Gasteiger partial charge in [-0.2, -0.15) is 8.78 Å². The van der Waals surface area contributed by atoms with Crippen LogP contribution in [0, 0.1) is 0 Å². The summed E-state index contributed by atoms with van der Waals surface area (Å²) in [6.45, 7) is -0.0918. The van der Waals surface area contributed by atoms with Gasteiger partial charge in [0.15, 0.2) is 6.30 Å². The fourth-order valence-corrected chi connectivity index (χ4v) is 1.61. The molecule has 0 aliphatic heterocycles. The van der Waals surface area contributed by atoms with Gasteiger partial charge < -0.3 is 9.64 Å². The van der Waals surface area contributed by atoms with E-state index in [4.69, 9.17) is 0 Å². The zero-order chi connectivity index (χ0) is 14.6. The lowest BCUT2D eigenvalue weighted by Gasteiger charge is -2.21. The largest absolute Gasteiger partial charge is 0.434 e. The van der Waals surface area contributed by atoms with Crippen LogP contribution < -0.4 is 4.74 Å². The molecule has 0 N–H and O–H groups in total. The minimum Gasteiger partial charge on any atom is -0.434 e. The van der Waals surface area contributed by atoms with Crippen LogP contribution in [-0.4, -0.2) is 30.8 Å². The van der Waals surface area contributed by atoms with Gasteiger partial charge in [0.1, 0.15) is 5.75 Å². The summed E-state index contributed by atoms with van der Waals surface area (Å²) in [7, 11) is 1.26. The number of hydrogen-bond donors (Lipinski definition) is 0. The minimum absolute atomic E-state index is 0.0633. The van der Waals surface area contributed by atoms with Gasteiger partial charge in [-0.25, -0.2) is 4.39 Å². The van der Waals surface area contributed by atoms with E-state index in [2.05, 4.69) is 4.74 Å². The van der Waals surface area contributed by atoms with E-state index in [0.29, 0.717) is 12.0 Å². The molecule has 1 atom stereocenters. The Morgan fingerprint density at radius 3 is 2.47 bits per heavy atom. The van der Waals surface area contributed by atoms with Crippen molar-refractivity contribution in [3.8, 4) is 5.75 Å². The molecule has 0 heterocycles. The maximum Gasteiger partial charge on any atom is 0.387 e. The number of benzene rings is 1. The quantitative estimate of drug-likeness (QED) is 0.772. The van der Waals surface area contributed by atoms with Gasteiger partial charge in [0.05, 0.1) is 5.56 Å². The highest BCUT2D eigenvalue weighted by Gasteiger charge is 2.23. The van der Waals surface area contributed by atoms with E-state index in [0.717, 1.165) is 4.90 Å². The van der Waals surface area contributed by atoms with Crippen LogP contribution in [0.1, 0.15) is 29.8 Å². The first-order valence-corrected chi connectivity index (χ1v) is 5.86. The number of ether oxygens (including phenoxy) is 1. The Labute approximate surface area is 110 Å². The maximum atomic E-state index is 13.1. The molecule has 19 heavy (non-hydrogen) atoms. The molecule has 0 saturated heterocycles. The zero-order valence-corrected chi connectivity index (χ0v) is 11.0. The lowest BCUT2D eigenvalue weighted by molar-refractivity contribution is -0.0509. The van der Waals surface area contributed by atoms with Crippen molar-refractivity contribution in [1.29, 1.82) is 0 Å². The Bertz CT molecular complexity index is 450. The second-order valence-corrected chi connectivity index (χ2v) is 4.02. The second kappa shape index (κ2) is 6.45. The molecule has 0 aromatic heterocycles. The van der Waals surface area contributed by atoms with E-state index < -0.39 is 18.8 Å². The van der Waals surface area contributed by atoms with E-state index in [-0.39, 0.29) is 11.3 Å². The molecule has 0 fully saturated rings. The first-order chi connectivity index (χ1) is 8.88. The third kappa shape index (κ3) is 3.62. The number of rotatable bonds is 5. The molecular weight excluding hydrogens is 259 g/mol. The Kier molecular flexibility index (Phi) is 5.20. The zero-order valence-electron chi connectivity index (χ0n) is 11.0. The molecular formula is C13H16F3NO2. The fourth-order valence-electron chi connectivity index (χ4n) is 1.61. The van der Waals surface area contributed by atoms with Crippen LogP contribution in [0.4, 0.5) is 13.2 Å². The van der Waals surface area contributed by atoms with Crippen molar-refractivity contribution < 1.29 is 22.7 Å². The van der Waals surface area contributed by atoms with Crippen LogP contribution in [0.3, 0.4) is 0 Å². The number of para-hydroxylation sites is 1. The predicted octanol–water partition coefficient (Wildman–Crippen LogP) is 3.24. The Balaban J connectivity index is 3.22. The topological polar surface area (TPSA) is 29.5 Å². The molecule has 106 valence electrons. The summed E-state index contributed by atoms with van der Waals surface area (Å²) in [6, 6.07) is 4.49. The van der Waals surface area contributed by atoms with Crippen LogP contribution in [0.15, 0.2) is 18.2 Å². The molecule has 1 unspecified atom stereocenters. The monoisotopic (exact) mass is 275 g/mol. The molecule has 6 heteroatoms. The van der Waals surface area contributed by atoms with Crippen LogP contribution in [0.2, 0.25) is 0 Å². The Morgan fingerprint density at radius 2 is 2.00 bits per heavy atom. The van der Waals surface area contributed by atoms with Gasteiger partial charge in [0.2, 0.25) is 0 Å². The third-order valence-corrected chi connectivity index (χ3v) is 2.77. The maximum absolute atomic E-state index is 13.1. The van der Waals surface area contributed by atoms with Crippen molar-refractivity contribution in [2.45, 2.75) is 33.2 Å². The average Bonchev–Trinajstić information content (AvgIpc) is 2.36. The normalized spacial score (nSPS) is 12.4. The highest BCUT2D eigenvalue weighted by Crippen LogP contribution is 2.28. The molecule has 0 aliphatic carbocycles. The summed E-state index contributed by atoms with van der Waals surface area (Å²) >= 11 is 0. The summed E-state index contributed by atoms with van der Waals surface area (Å²) in [4.78, 5) is 12.8. The standard InChI is InChI=1S/C13H16F3NO2/c1-4-9-6-5-7-10(11(9)19-13(15)16)12(18)17(3)8(2)14/h5-8,13H,4H2,1-3H3. The summed E-state index contributed by atoms with van der Waals surface area (Å²) in [5.74, 6) is -0.876. The molecule has 3 nitrogen and oxygen atoms in total. The molecule has 0 bridgehead atoms. The number of halogens is 3. The van der Waals surface area contributed by atoms with E-state index in [1.165, 1.54) is 20.0 Å². The molecule has 0 spiro atoms. The minimum atomic E-state index is -3.03. The number of alkyl halides is 3. The molecule has 1 rings (SSSR count). The lowest BCUT2D eigenvalue weighted by atomic mass is 10.1. The van der Waals surface area contributed by atoms with Crippen molar-refractivity contribution in [3.05, 3.63) is 29.3 Å². The summed E-state index contributed by atoms with van der Waals surface area (Å²) < 4.78 is 42.4. The second-order valence-electron chi connectivity index (χ2n) is 4.02. The van der Waals surface area contributed by atoms with Crippen LogP contribution in [0.5, 0.6) is 5.75 Å². The van der Waals surface area contributed by atoms with Crippen molar-refractivity contribution in [3.63, 3.8) is 0 Å². The number of carbonyl (C=O) groups excluding carboxylic acids is 1. The van der Waals surface area contributed by atoms with Crippen molar-refractivity contribution in [1.82, 2.24) is 4.90 Å². The molecule has 0 saturated carbocycles. The highest BCUT2D eigenvalue weighted by molar-refractivity contribution is 5.97. The van der Waals surface area contributed by atoms with Gasteiger partial charge >= 0.3 is 6.61 Å². The predicted molar refractivity (Wildman–Crippen MR) is 65.1 cm³/mol. The van der Waals surface area contributed by atoms with Crippen LogP contribution in [-0.2, 0) is 6.42 Å². The van der Waals surface area contributed by atoms with Crippen molar-refractivity contribution >= 4 is 5.91 Å². The number of aryl methyl sites for hydroxylation is 1. The lowest BCUT2D eigenvalue weighted by Crippen LogP contribution is -2.32. The number of carbonyl (C=O) groups is 1. The van der Waals surface area contributed by atoms with Gasteiger partial charge in [0.25, 0.3) is 5.91 Å². The summed E-state index contributed by atoms with van der Waals surface area (Å²) in [5.41, 5.74) is 0.415. The smallest absolute Gasteiger partial charge is 0.387 e. The van der Waals surface area contributed by atoms with Gasteiger partial charge in [-0.05, 0) is 25.0 Å². The van der Waals surface area contributed by atoms with E-state index >= 15 is 0 Å². The Hall–Kier alpha value is -1.72. The van der Waals surface area contributed by atoms with Gasteiger partial charge in [-0.1, -0.05) is 19.1 Å². The van der Waals surface area contributed by atoms with Gasteiger partial charge in [-0.3, -0.25) is 4.79 Å². The highest BCUT2D eigenvalue weighted by atomic mass is 19.3. The van der Waals surface area contributed by atoms with E-state index in [1.807, 2.05) is 0 Å². The van der Waals surface area contributed by atoms with E-state index in [9.17, 15) is 18.0 Å². The summed E-state index contributed by atoms with van der Waals surface area (Å²) in [5, 5.41) is 0. The first kappa shape index (κ1) is 15.3. The first-order valence-electron chi connectivity index (χ1n) is 5.86. The molecule has 0 radical (unpaired) electrons. The number of hydrogen-bond acceptors (Lipinski definition) is 2. The van der Waals surface area contributed by atoms with E-state index in [1.54, 1.807) is 19.1 Å². The molecule has 1 aromatic carbocycles. The van der Waals surface area contributed by atoms with Gasteiger partial charge in [0, 0.05) is 7.05 Å². The van der Waals surface area contributed by atoms with Crippen LogP contribution in [0.25, 0.3) is 0 Å². The Morgan fingerprint density at radius 1 is 1.37 bits per heavy atom. The van der Waals surface area contributed by atoms with Crippen molar-refractivity contribution in [2.24, 2.45) is 0 Å². The number of amides is 1. The molecule has 0 aliphatic rings. The van der Waals surface area contributed by atoms with Crippen LogP contribution >= 0.6 is 0 Å². The third-order valence-electron chi connectivity index (χ3n) is 2.77.